The van der Waals surface area contributed by atoms with E-state index in [2.05, 4.69) is 22.0 Å². The van der Waals surface area contributed by atoms with E-state index in [9.17, 15) is 9.59 Å². The number of aryl methyl sites for hydroxylation is 1. The minimum Gasteiger partial charge on any atom is -0.493 e. The fourth-order valence-electron chi connectivity index (χ4n) is 4.02. The van der Waals surface area contributed by atoms with Gasteiger partial charge in [0.25, 0.3) is 5.56 Å². The maximum Gasteiger partial charge on any atom is 0.261 e. The van der Waals surface area contributed by atoms with Crippen molar-refractivity contribution in [2.75, 3.05) is 40.4 Å². The Balaban J connectivity index is 1.36. The Labute approximate surface area is 187 Å². The van der Waals surface area contributed by atoms with E-state index < -0.39 is 0 Å². The molecule has 1 amide bonds. The molecule has 2 aromatic carbocycles. The first-order valence-corrected chi connectivity index (χ1v) is 10.7. The van der Waals surface area contributed by atoms with Crippen LogP contribution in [0, 0.1) is 0 Å². The summed E-state index contributed by atoms with van der Waals surface area (Å²) in [6.45, 7) is 4.29. The molecule has 0 N–H and O–H groups in total. The van der Waals surface area contributed by atoms with Crippen molar-refractivity contribution in [3.63, 3.8) is 0 Å². The van der Waals surface area contributed by atoms with E-state index in [0.717, 1.165) is 19.6 Å². The molecule has 0 saturated carbocycles. The minimum absolute atomic E-state index is 0.0590. The number of carbonyl (C=O) groups is 1. The van der Waals surface area contributed by atoms with Gasteiger partial charge in [0.1, 0.15) is 0 Å². The smallest absolute Gasteiger partial charge is 0.261 e. The molecular formula is C24H28N4O4. The minimum atomic E-state index is -0.198. The number of amides is 1. The lowest BCUT2D eigenvalue weighted by atomic mass is 10.2. The van der Waals surface area contributed by atoms with Crippen molar-refractivity contribution in [3.05, 3.63) is 64.7 Å². The molecule has 168 valence electrons. The van der Waals surface area contributed by atoms with Gasteiger partial charge in [-0.1, -0.05) is 30.3 Å². The number of fused-ring (bicyclic) bond motifs is 1. The Kier molecular flexibility index (Phi) is 6.70. The van der Waals surface area contributed by atoms with Crippen LogP contribution in [0.25, 0.3) is 10.9 Å². The third-order valence-corrected chi connectivity index (χ3v) is 5.87. The van der Waals surface area contributed by atoms with E-state index in [0.29, 0.717) is 42.0 Å². The summed E-state index contributed by atoms with van der Waals surface area (Å²) in [5.74, 6) is 1.05. The fourth-order valence-corrected chi connectivity index (χ4v) is 4.02. The van der Waals surface area contributed by atoms with Gasteiger partial charge in [0.15, 0.2) is 11.5 Å². The zero-order valence-electron chi connectivity index (χ0n) is 18.5. The van der Waals surface area contributed by atoms with Gasteiger partial charge in [0, 0.05) is 51.8 Å². The summed E-state index contributed by atoms with van der Waals surface area (Å²) in [5.41, 5.74) is 1.62. The summed E-state index contributed by atoms with van der Waals surface area (Å²) in [4.78, 5) is 34.2. The van der Waals surface area contributed by atoms with E-state index in [-0.39, 0.29) is 17.9 Å². The molecule has 0 bridgehead atoms. The molecule has 3 aromatic rings. The lowest BCUT2D eigenvalue weighted by Gasteiger charge is -2.34. The lowest BCUT2D eigenvalue weighted by molar-refractivity contribution is -0.133. The van der Waals surface area contributed by atoms with Crippen LogP contribution < -0.4 is 15.0 Å². The van der Waals surface area contributed by atoms with Crippen LogP contribution >= 0.6 is 0 Å². The number of methoxy groups -OCH3 is 2. The Morgan fingerprint density at radius 1 is 1.00 bits per heavy atom. The number of aromatic nitrogens is 2. The standard InChI is InChI=1S/C24H28N4O4/c1-31-21-14-19-20(15-22(21)32-2)25-17-28(24(19)30)9-8-23(29)27-12-10-26(11-13-27)16-18-6-4-3-5-7-18/h3-7,14-15,17H,8-13,16H2,1-2H3. The molecule has 4 rings (SSSR count). The first-order valence-electron chi connectivity index (χ1n) is 10.7. The van der Waals surface area contributed by atoms with Crippen LogP contribution in [0.3, 0.4) is 0 Å². The Morgan fingerprint density at radius 3 is 2.38 bits per heavy atom. The van der Waals surface area contributed by atoms with Gasteiger partial charge in [-0.25, -0.2) is 4.98 Å². The third kappa shape index (κ3) is 4.75. The van der Waals surface area contributed by atoms with Crippen LogP contribution in [0.4, 0.5) is 0 Å². The second kappa shape index (κ2) is 9.82. The lowest BCUT2D eigenvalue weighted by Crippen LogP contribution is -2.48. The van der Waals surface area contributed by atoms with Gasteiger partial charge >= 0.3 is 0 Å². The highest BCUT2D eigenvalue weighted by Gasteiger charge is 2.21. The quantitative estimate of drug-likeness (QED) is 0.565. The molecule has 8 heteroatoms. The SMILES string of the molecule is COc1cc2ncn(CCC(=O)N3CCN(Cc4ccccc4)CC3)c(=O)c2cc1OC. The third-order valence-electron chi connectivity index (χ3n) is 5.87. The summed E-state index contributed by atoms with van der Waals surface area (Å²) in [5, 5.41) is 0.437. The topological polar surface area (TPSA) is 76.9 Å². The van der Waals surface area contributed by atoms with Crippen molar-refractivity contribution < 1.29 is 14.3 Å². The largest absolute Gasteiger partial charge is 0.493 e. The summed E-state index contributed by atoms with van der Waals surface area (Å²) >= 11 is 0. The van der Waals surface area contributed by atoms with Crippen molar-refractivity contribution >= 4 is 16.8 Å². The monoisotopic (exact) mass is 436 g/mol. The molecule has 2 heterocycles. The number of piperazine rings is 1. The molecule has 0 unspecified atom stereocenters. The predicted octanol–water partition coefficient (Wildman–Crippen LogP) is 2.15. The van der Waals surface area contributed by atoms with Crippen LogP contribution in [0.2, 0.25) is 0 Å². The number of benzene rings is 2. The normalized spacial score (nSPS) is 14.5. The molecule has 1 aromatic heterocycles. The Hall–Kier alpha value is -3.39. The number of ether oxygens (including phenoxy) is 2. The fraction of sp³-hybridized carbons (Fsp3) is 0.375. The van der Waals surface area contributed by atoms with Crippen LogP contribution in [0.5, 0.6) is 11.5 Å². The van der Waals surface area contributed by atoms with E-state index in [1.165, 1.54) is 30.7 Å². The average Bonchev–Trinajstić information content (AvgIpc) is 2.84. The molecule has 1 aliphatic heterocycles. The van der Waals surface area contributed by atoms with Crippen molar-refractivity contribution in [3.8, 4) is 11.5 Å². The summed E-state index contributed by atoms with van der Waals surface area (Å²) in [7, 11) is 3.06. The first kappa shape index (κ1) is 21.8. The van der Waals surface area contributed by atoms with Crippen molar-refractivity contribution in [1.29, 1.82) is 0 Å². The maximum absolute atomic E-state index is 12.9. The maximum atomic E-state index is 12.9. The number of rotatable bonds is 7. The van der Waals surface area contributed by atoms with Crippen molar-refractivity contribution in [2.45, 2.75) is 19.5 Å². The van der Waals surface area contributed by atoms with Gasteiger partial charge in [0.2, 0.25) is 5.91 Å². The molecule has 8 nitrogen and oxygen atoms in total. The second-order valence-electron chi connectivity index (χ2n) is 7.86. The van der Waals surface area contributed by atoms with Crippen LogP contribution in [0.15, 0.2) is 53.6 Å². The molecule has 0 radical (unpaired) electrons. The summed E-state index contributed by atoms with van der Waals surface area (Å²) in [6, 6.07) is 13.7. The molecule has 1 aliphatic rings. The first-order chi connectivity index (χ1) is 15.6. The van der Waals surface area contributed by atoms with Gasteiger partial charge in [-0.2, -0.15) is 0 Å². The average molecular weight is 437 g/mol. The van der Waals surface area contributed by atoms with Crippen molar-refractivity contribution in [2.24, 2.45) is 0 Å². The zero-order chi connectivity index (χ0) is 22.5. The highest BCUT2D eigenvalue weighted by Crippen LogP contribution is 2.29. The van der Waals surface area contributed by atoms with Gasteiger partial charge < -0.3 is 14.4 Å². The molecule has 0 spiro atoms. The van der Waals surface area contributed by atoms with Crippen molar-refractivity contribution in [1.82, 2.24) is 19.4 Å². The van der Waals surface area contributed by atoms with Crippen LogP contribution in [-0.4, -0.2) is 65.7 Å². The van der Waals surface area contributed by atoms with E-state index in [1.54, 1.807) is 12.1 Å². The van der Waals surface area contributed by atoms with Gasteiger partial charge in [-0.05, 0) is 11.6 Å². The molecule has 1 fully saturated rings. The molecule has 32 heavy (non-hydrogen) atoms. The number of carbonyl (C=O) groups excluding carboxylic acids is 1. The van der Waals surface area contributed by atoms with Gasteiger partial charge in [-0.3, -0.25) is 19.1 Å². The molecule has 1 saturated heterocycles. The molecule has 0 atom stereocenters. The Bertz CT molecular complexity index is 1140. The Morgan fingerprint density at radius 2 is 1.69 bits per heavy atom. The second-order valence-corrected chi connectivity index (χ2v) is 7.86. The number of nitrogens with zero attached hydrogens (tertiary/aromatic N) is 4. The molecular weight excluding hydrogens is 408 g/mol. The van der Waals surface area contributed by atoms with E-state index in [4.69, 9.17) is 9.47 Å². The van der Waals surface area contributed by atoms with E-state index in [1.807, 2.05) is 23.1 Å². The van der Waals surface area contributed by atoms with Crippen LogP contribution in [-0.2, 0) is 17.9 Å². The highest BCUT2D eigenvalue weighted by molar-refractivity contribution is 5.81. The summed E-state index contributed by atoms with van der Waals surface area (Å²) < 4.78 is 12.1. The number of hydrogen-bond acceptors (Lipinski definition) is 6. The van der Waals surface area contributed by atoms with Crippen LogP contribution in [0.1, 0.15) is 12.0 Å². The summed E-state index contributed by atoms with van der Waals surface area (Å²) in [6.07, 6.45) is 1.75. The number of hydrogen-bond donors (Lipinski definition) is 0. The molecule has 0 aliphatic carbocycles. The van der Waals surface area contributed by atoms with Gasteiger partial charge in [-0.15, -0.1) is 0 Å². The highest BCUT2D eigenvalue weighted by atomic mass is 16.5. The van der Waals surface area contributed by atoms with E-state index >= 15 is 0 Å². The van der Waals surface area contributed by atoms with Gasteiger partial charge in [0.05, 0.1) is 31.4 Å². The zero-order valence-corrected chi connectivity index (χ0v) is 18.5. The predicted molar refractivity (Wildman–Crippen MR) is 122 cm³/mol.